The summed E-state index contributed by atoms with van der Waals surface area (Å²) < 4.78 is 41.7. The fourth-order valence-corrected chi connectivity index (χ4v) is 6.61. The van der Waals surface area contributed by atoms with Crippen LogP contribution in [0.1, 0.15) is 75.6 Å². The lowest BCUT2D eigenvalue weighted by atomic mass is 9.91. The van der Waals surface area contributed by atoms with E-state index in [1.807, 2.05) is 37.9 Å². The molecular formula is C30H40F3N5S. The monoisotopic (exact) mass is 559 g/mol. The van der Waals surface area contributed by atoms with Crippen molar-refractivity contribution in [1.29, 1.82) is 0 Å². The predicted molar refractivity (Wildman–Crippen MR) is 157 cm³/mol. The van der Waals surface area contributed by atoms with Crippen LogP contribution in [0, 0.1) is 6.92 Å². The van der Waals surface area contributed by atoms with Gasteiger partial charge in [-0.05, 0) is 100 Å². The largest absolute Gasteiger partial charge is 0.310 e. The van der Waals surface area contributed by atoms with Gasteiger partial charge in [-0.2, -0.15) is 10.2 Å². The van der Waals surface area contributed by atoms with Gasteiger partial charge >= 0.3 is 0 Å². The van der Waals surface area contributed by atoms with Crippen molar-refractivity contribution in [1.82, 2.24) is 9.88 Å². The number of rotatable bonds is 8. The van der Waals surface area contributed by atoms with Crippen molar-refractivity contribution in [3.05, 3.63) is 59.4 Å². The SMILES string of the molecule is CC.Cc1cccc(N(Cc2ccc(C3=NN=C(C(F)F)C3)cn2)SC2CCN(C3CCC(F)CC3)CC2)c1. The number of anilines is 1. The molecule has 3 aliphatic rings. The van der Waals surface area contributed by atoms with Crippen LogP contribution in [0.4, 0.5) is 18.9 Å². The molecular weight excluding hydrogens is 519 g/mol. The molecule has 0 spiro atoms. The third kappa shape index (κ3) is 8.07. The Morgan fingerprint density at radius 1 is 1.00 bits per heavy atom. The van der Waals surface area contributed by atoms with Crippen molar-refractivity contribution in [2.75, 3.05) is 17.4 Å². The average Bonchev–Trinajstić information content (AvgIpc) is 3.46. The molecule has 1 saturated carbocycles. The summed E-state index contributed by atoms with van der Waals surface area (Å²) in [5.74, 6) is 0. The topological polar surface area (TPSA) is 44.1 Å². The second-order valence-corrected chi connectivity index (χ2v) is 11.6. The van der Waals surface area contributed by atoms with Crippen molar-refractivity contribution < 1.29 is 13.2 Å². The van der Waals surface area contributed by atoms with Crippen LogP contribution in [-0.2, 0) is 6.54 Å². The van der Waals surface area contributed by atoms with Gasteiger partial charge in [0.2, 0.25) is 0 Å². The first-order valence-corrected chi connectivity index (χ1v) is 15.0. The molecule has 0 amide bonds. The number of alkyl halides is 3. The lowest BCUT2D eigenvalue weighted by molar-refractivity contribution is 0.104. The smallest absolute Gasteiger partial charge is 0.278 e. The van der Waals surface area contributed by atoms with E-state index in [9.17, 15) is 13.2 Å². The van der Waals surface area contributed by atoms with Crippen molar-refractivity contribution in [3.8, 4) is 0 Å². The maximum atomic E-state index is 13.6. The molecule has 2 aliphatic heterocycles. The summed E-state index contributed by atoms with van der Waals surface area (Å²) >= 11 is 1.89. The molecule has 2 aromatic rings. The van der Waals surface area contributed by atoms with Gasteiger partial charge in [-0.15, -0.1) is 0 Å². The minimum atomic E-state index is -2.58. The number of aromatic nitrogens is 1. The Hall–Kier alpha value is -2.39. The summed E-state index contributed by atoms with van der Waals surface area (Å²) in [6, 6.07) is 12.9. The lowest BCUT2D eigenvalue weighted by Gasteiger charge is -2.40. The number of hydrogen-bond acceptors (Lipinski definition) is 6. The van der Waals surface area contributed by atoms with Crippen LogP contribution in [-0.4, -0.2) is 58.3 Å². The number of halogens is 3. The van der Waals surface area contributed by atoms with Gasteiger partial charge in [-0.1, -0.05) is 26.0 Å². The highest BCUT2D eigenvalue weighted by molar-refractivity contribution is 8.01. The van der Waals surface area contributed by atoms with Crippen LogP contribution in [0.15, 0.2) is 52.8 Å². The molecule has 1 aromatic heterocycles. The van der Waals surface area contributed by atoms with Crippen LogP contribution in [0.2, 0.25) is 0 Å². The molecule has 3 heterocycles. The summed E-state index contributed by atoms with van der Waals surface area (Å²) in [4.78, 5) is 7.22. The van der Waals surface area contributed by atoms with Gasteiger partial charge in [0.1, 0.15) is 11.9 Å². The van der Waals surface area contributed by atoms with E-state index in [1.54, 1.807) is 6.20 Å². The maximum Gasteiger partial charge on any atom is 0.278 e. The highest BCUT2D eigenvalue weighted by atomic mass is 32.2. The van der Waals surface area contributed by atoms with Crippen molar-refractivity contribution >= 4 is 29.1 Å². The molecule has 0 radical (unpaired) electrons. The molecule has 0 unspecified atom stereocenters. The van der Waals surface area contributed by atoms with E-state index in [1.165, 1.54) is 5.56 Å². The lowest BCUT2D eigenvalue weighted by Crippen LogP contribution is -2.44. The van der Waals surface area contributed by atoms with Crippen molar-refractivity contribution in [3.63, 3.8) is 0 Å². The molecule has 9 heteroatoms. The van der Waals surface area contributed by atoms with E-state index in [0.717, 1.165) is 55.7 Å². The zero-order valence-electron chi connectivity index (χ0n) is 23.2. The Bertz CT molecular complexity index is 1110. The fraction of sp³-hybridized carbons (Fsp3) is 0.567. The quantitative estimate of drug-likeness (QED) is 0.312. The first-order chi connectivity index (χ1) is 18.9. The van der Waals surface area contributed by atoms with Gasteiger partial charge in [0.25, 0.3) is 6.43 Å². The molecule has 2 fully saturated rings. The van der Waals surface area contributed by atoms with Gasteiger partial charge < -0.3 is 9.21 Å². The average molecular weight is 560 g/mol. The molecule has 39 heavy (non-hydrogen) atoms. The number of nitrogens with zero attached hydrogens (tertiary/aromatic N) is 5. The number of likely N-dealkylation sites (tertiary alicyclic amines) is 1. The summed E-state index contributed by atoms with van der Waals surface area (Å²) in [5.41, 5.74) is 4.33. The van der Waals surface area contributed by atoms with E-state index in [2.05, 4.69) is 55.6 Å². The number of piperidine rings is 1. The molecule has 0 atom stereocenters. The first-order valence-electron chi connectivity index (χ1n) is 14.2. The third-order valence-electron chi connectivity index (χ3n) is 7.55. The minimum absolute atomic E-state index is 0.0673. The molecule has 5 nitrogen and oxygen atoms in total. The maximum absolute atomic E-state index is 13.6. The molecule has 212 valence electrons. The Morgan fingerprint density at radius 2 is 1.74 bits per heavy atom. The predicted octanol–water partition coefficient (Wildman–Crippen LogP) is 7.63. The van der Waals surface area contributed by atoms with Crippen LogP contribution in [0.3, 0.4) is 0 Å². The highest BCUT2D eigenvalue weighted by Crippen LogP contribution is 2.35. The summed E-state index contributed by atoms with van der Waals surface area (Å²) in [5, 5.41) is 8.04. The normalized spacial score (nSPS) is 22.2. The summed E-state index contributed by atoms with van der Waals surface area (Å²) in [6.07, 6.45) is 4.20. The van der Waals surface area contributed by atoms with Crippen LogP contribution >= 0.6 is 11.9 Å². The Labute approximate surface area is 235 Å². The zero-order chi connectivity index (χ0) is 27.8. The molecule has 5 rings (SSSR count). The fourth-order valence-electron chi connectivity index (χ4n) is 5.38. The van der Waals surface area contributed by atoms with Crippen molar-refractivity contribution in [2.24, 2.45) is 10.2 Å². The van der Waals surface area contributed by atoms with Crippen LogP contribution < -0.4 is 4.31 Å². The minimum Gasteiger partial charge on any atom is -0.310 e. The van der Waals surface area contributed by atoms with Gasteiger partial charge in [0.15, 0.2) is 0 Å². The molecule has 1 aromatic carbocycles. The first kappa shape index (κ1) is 29.6. The molecule has 0 bridgehead atoms. The van der Waals surface area contributed by atoms with Crippen LogP contribution in [0.25, 0.3) is 0 Å². The molecule has 0 N–H and O–H groups in total. The second-order valence-electron chi connectivity index (χ2n) is 10.3. The Balaban J connectivity index is 0.00000172. The van der Waals surface area contributed by atoms with Gasteiger partial charge in [0, 0.05) is 35.2 Å². The van der Waals surface area contributed by atoms with Gasteiger partial charge in [-0.25, -0.2) is 13.2 Å². The Morgan fingerprint density at radius 3 is 2.36 bits per heavy atom. The van der Waals surface area contributed by atoms with Gasteiger partial charge in [0.05, 0.1) is 18.0 Å². The molecule has 1 aliphatic carbocycles. The van der Waals surface area contributed by atoms with E-state index >= 15 is 0 Å². The number of hydrogen-bond donors (Lipinski definition) is 0. The summed E-state index contributed by atoms with van der Waals surface area (Å²) in [6.45, 7) is 8.87. The van der Waals surface area contributed by atoms with E-state index in [-0.39, 0.29) is 12.1 Å². The van der Waals surface area contributed by atoms with E-state index in [0.29, 0.717) is 36.4 Å². The number of aryl methyl sites for hydroxylation is 1. The zero-order valence-corrected chi connectivity index (χ0v) is 24.0. The second kappa shape index (κ2) is 14.3. The van der Waals surface area contributed by atoms with E-state index < -0.39 is 12.6 Å². The third-order valence-corrected chi connectivity index (χ3v) is 8.91. The van der Waals surface area contributed by atoms with Gasteiger partial charge in [-0.3, -0.25) is 4.98 Å². The number of pyridine rings is 1. The van der Waals surface area contributed by atoms with Crippen LogP contribution in [0.5, 0.6) is 0 Å². The van der Waals surface area contributed by atoms with Crippen molar-refractivity contribution in [2.45, 2.75) is 96.2 Å². The summed E-state index contributed by atoms with van der Waals surface area (Å²) in [7, 11) is 0. The molecule has 1 saturated heterocycles. The highest BCUT2D eigenvalue weighted by Gasteiger charge is 2.30. The Kier molecular flexibility index (Phi) is 10.9. The number of benzene rings is 1. The standard InChI is InChI=1S/C28H34F3N5S.C2H6/c1-19-3-2-4-24(15-19)36(37-25-11-13-35(14-12-25)23-9-6-21(29)7-10-23)18-22-8-5-20(17-32-22)26-16-27(28(30)31)34-33-26;1-2/h2-5,8,15,17,21,23,25,28H,6-7,9-14,16,18H2,1H3;1-2H3. The van der Waals surface area contributed by atoms with E-state index in [4.69, 9.17) is 0 Å².